The van der Waals surface area contributed by atoms with Crippen LogP contribution in [-0.4, -0.2) is 0 Å². The molecule has 3 heteroatoms. The molecule has 0 fully saturated rings. The highest BCUT2D eigenvalue weighted by atomic mass is 19.1. The van der Waals surface area contributed by atoms with Crippen LogP contribution in [0.1, 0.15) is 12.0 Å². The number of nitriles is 1. The van der Waals surface area contributed by atoms with E-state index in [9.17, 15) is 4.39 Å². The third-order valence-corrected chi connectivity index (χ3v) is 1.51. The number of nitrogens with two attached hydrogens (primary N) is 1. The van der Waals surface area contributed by atoms with Crippen LogP contribution in [0.3, 0.4) is 0 Å². The predicted octanol–water partition coefficient (Wildman–Crippen LogP) is 1.86. The van der Waals surface area contributed by atoms with E-state index in [1.54, 1.807) is 6.07 Å². The number of hydrogen-bond donors (Lipinski definition) is 1. The van der Waals surface area contributed by atoms with E-state index >= 15 is 0 Å². The van der Waals surface area contributed by atoms with Crippen LogP contribution in [0, 0.1) is 17.1 Å². The van der Waals surface area contributed by atoms with E-state index in [0.717, 1.165) is 5.56 Å². The summed E-state index contributed by atoms with van der Waals surface area (Å²) in [5, 5.41) is 8.29. The van der Waals surface area contributed by atoms with Crippen molar-refractivity contribution in [3.63, 3.8) is 0 Å². The molecule has 0 aliphatic carbocycles. The number of nitrogens with zero attached hydrogens (tertiary/aromatic N) is 1. The smallest absolute Gasteiger partial charge is 0.125 e. The van der Waals surface area contributed by atoms with E-state index in [4.69, 9.17) is 11.0 Å². The molecule has 0 amide bonds. The van der Waals surface area contributed by atoms with Gasteiger partial charge in [0.05, 0.1) is 6.07 Å². The van der Waals surface area contributed by atoms with Crippen molar-refractivity contribution in [2.24, 2.45) is 0 Å². The first kappa shape index (κ1) is 8.54. The zero-order chi connectivity index (χ0) is 8.97. The van der Waals surface area contributed by atoms with E-state index < -0.39 is 0 Å². The molecule has 1 aromatic rings. The molecule has 12 heavy (non-hydrogen) atoms. The fourth-order valence-corrected chi connectivity index (χ4v) is 1.02. The van der Waals surface area contributed by atoms with Crippen LogP contribution in [0.25, 0.3) is 0 Å². The Morgan fingerprint density at radius 3 is 2.75 bits per heavy atom. The summed E-state index contributed by atoms with van der Waals surface area (Å²) in [5.41, 5.74) is 6.59. The molecular formula is C9H9FN2. The van der Waals surface area contributed by atoms with Gasteiger partial charge in [-0.3, -0.25) is 0 Å². The highest BCUT2D eigenvalue weighted by Crippen LogP contribution is 2.11. The first-order valence-corrected chi connectivity index (χ1v) is 3.64. The van der Waals surface area contributed by atoms with Crippen LogP contribution < -0.4 is 5.73 Å². The Bertz CT molecular complexity index is 295. The topological polar surface area (TPSA) is 49.8 Å². The summed E-state index contributed by atoms with van der Waals surface area (Å²) in [6, 6.07) is 6.33. The van der Waals surface area contributed by atoms with E-state index in [1.807, 2.05) is 6.07 Å². The maximum absolute atomic E-state index is 12.7. The van der Waals surface area contributed by atoms with Crippen LogP contribution in [0.2, 0.25) is 0 Å². The first-order chi connectivity index (χ1) is 5.72. The minimum Gasteiger partial charge on any atom is -0.399 e. The highest BCUT2D eigenvalue weighted by molar-refractivity contribution is 5.41. The zero-order valence-electron chi connectivity index (χ0n) is 6.55. The molecule has 0 bridgehead atoms. The lowest BCUT2D eigenvalue weighted by Crippen LogP contribution is -1.91. The second kappa shape index (κ2) is 3.72. The van der Waals surface area contributed by atoms with E-state index in [0.29, 0.717) is 18.5 Å². The minimum absolute atomic E-state index is 0.345. The first-order valence-electron chi connectivity index (χ1n) is 3.64. The van der Waals surface area contributed by atoms with Gasteiger partial charge in [0.15, 0.2) is 0 Å². The van der Waals surface area contributed by atoms with Crippen LogP contribution in [0.5, 0.6) is 0 Å². The van der Waals surface area contributed by atoms with Crippen molar-refractivity contribution in [2.75, 3.05) is 5.73 Å². The van der Waals surface area contributed by atoms with Crippen molar-refractivity contribution in [2.45, 2.75) is 12.8 Å². The average Bonchev–Trinajstić information content (AvgIpc) is 1.99. The average molecular weight is 164 g/mol. The maximum atomic E-state index is 12.7. The molecular weight excluding hydrogens is 155 g/mol. The normalized spacial score (nSPS) is 9.33. The fraction of sp³-hybridized carbons (Fsp3) is 0.222. The van der Waals surface area contributed by atoms with Gasteiger partial charge in [-0.05, 0) is 30.2 Å². The van der Waals surface area contributed by atoms with Crippen molar-refractivity contribution in [1.29, 1.82) is 5.26 Å². The molecule has 0 aromatic heterocycles. The SMILES string of the molecule is N#CCCc1cc(N)cc(F)c1. The van der Waals surface area contributed by atoms with Crippen molar-refractivity contribution >= 4 is 5.69 Å². The van der Waals surface area contributed by atoms with Gasteiger partial charge in [0.25, 0.3) is 0 Å². The van der Waals surface area contributed by atoms with Gasteiger partial charge < -0.3 is 5.73 Å². The Labute approximate surface area is 70.4 Å². The molecule has 0 radical (unpaired) electrons. The zero-order valence-corrected chi connectivity index (χ0v) is 6.55. The Morgan fingerprint density at radius 1 is 1.42 bits per heavy atom. The summed E-state index contributed by atoms with van der Waals surface area (Å²) in [4.78, 5) is 0. The molecule has 0 saturated carbocycles. The van der Waals surface area contributed by atoms with Gasteiger partial charge in [-0.25, -0.2) is 4.39 Å². The number of hydrogen-bond acceptors (Lipinski definition) is 2. The predicted molar refractivity (Wildman–Crippen MR) is 44.7 cm³/mol. The molecule has 0 saturated heterocycles. The number of nitrogen functional groups attached to an aromatic ring is 1. The fourth-order valence-electron chi connectivity index (χ4n) is 1.02. The monoisotopic (exact) mass is 164 g/mol. The van der Waals surface area contributed by atoms with Gasteiger partial charge in [-0.15, -0.1) is 0 Å². The van der Waals surface area contributed by atoms with Crippen molar-refractivity contribution < 1.29 is 4.39 Å². The van der Waals surface area contributed by atoms with Crippen molar-refractivity contribution in [1.82, 2.24) is 0 Å². The third-order valence-electron chi connectivity index (χ3n) is 1.51. The lowest BCUT2D eigenvalue weighted by Gasteiger charge is -1.99. The molecule has 1 aromatic carbocycles. The summed E-state index contributed by atoms with van der Waals surface area (Å²) in [6.07, 6.45) is 0.946. The summed E-state index contributed by atoms with van der Waals surface area (Å²) in [7, 11) is 0. The molecule has 1 rings (SSSR count). The Morgan fingerprint density at radius 2 is 2.17 bits per heavy atom. The molecule has 0 heterocycles. The number of rotatable bonds is 2. The quantitative estimate of drug-likeness (QED) is 0.678. The molecule has 0 aliphatic rings. The van der Waals surface area contributed by atoms with Gasteiger partial charge in [0, 0.05) is 12.1 Å². The van der Waals surface area contributed by atoms with Crippen molar-refractivity contribution in [3.8, 4) is 6.07 Å². The largest absolute Gasteiger partial charge is 0.399 e. The molecule has 2 nitrogen and oxygen atoms in total. The Kier molecular flexibility index (Phi) is 2.65. The second-order valence-electron chi connectivity index (χ2n) is 2.55. The number of aryl methyl sites for hydroxylation is 1. The number of halogens is 1. The lowest BCUT2D eigenvalue weighted by molar-refractivity contribution is 0.626. The highest BCUT2D eigenvalue weighted by Gasteiger charge is 1.97. The Hall–Kier alpha value is -1.56. The van der Waals surface area contributed by atoms with Crippen LogP contribution in [-0.2, 0) is 6.42 Å². The Balaban J connectivity index is 2.80. The molecule has 2 N–H and O–H groups in total. The van der Waals surface area contributed by atoms with E-state index in [-0.39, 0.29) is 5.82 Å². The standard InChI is InChI=1S/C9H9FN2/c10-8-4-7(2-1-3-11)5-9(12)6-8/h4-6H,1-2,12H2. The van der Waals surface area contributed by atoms with Gasteiger partial charge >= 0.3 is 0 Å². The van der Waals surface area contributed by atoms with Crippen molar-refractivity contribution in [3.05, 3.63) is 29.6 Å². The van der Waals surface area contributed by atoms with Gasteiger partial charge in [0.1, 0.15) is 5.82 Å². The van der Waals surface area contributed by atoms with Crippen LogP contribution in [0.4, 0.5) is 10.1 Å². The van der Waals surface area contributed by atoms with Gasteiger partial charge in [-0.2, -0.15) is 5.26 Å². The summed E-state index contributed by atoms with van der Waals surface area (Å²) < 4.78 is 12.7. The number of anilines is 1. The minimum atomic E-state index is -0.345. The third kappa shape index (κ3) is 2.24. The summed E-state index contributed by atoms with van der Waals surface area (Å²) in [5.74, 6) is -0.345. The number of benzene rings is 1. The summed E-state index contributed by atoms with van der Waals surface area (Å²) >= 11 is 0. The van der Waals surface area contributed by atoms with E-state index in [2.05, 4.69) is 0 Å². The van der Waals surface area contributed by atoms with Gasteiger partial charge in [-0.1, -0.05) is 0 Å². The van der Waals surface area contributed by atoms with Crippen LogP contribution >= 0.6 is 0 Å². The summed E-state index contributed by atoms with van der Waals surface area (Å²) in [6.45, 7) is 0. The van der Waals surface area contributed by atoms with Gasteiger partial charge in [0.2, 0.25) is 0 Å². The molecule has 0 spiro atoms. The lowest BCUT2D eigenvalue weighted by atomic mass is 10.1. The second-order valence-corrected chi connectivity index (χ2v) is 2.55. The van der Waals surface area contributed by atoms with E-state index in [1.165, 1.54) is 12.1 Å². The molecule has 0 aliphatic heterocycles. The molecule has 0 unspecified atom stereocenters. The molecule has 62 valence electrons. The molecule has 0 atom stereocenters. The maximum Gasteiger partial charge on any atom is 0.125 e. The van der Waals surface area contributed by atoms with Crippen LogP contribution in [0.15, 0.2) is 18.2 Å².